The van der Waals surface area contributed by atoms with Crippen molar-refractivity contribution >= 4 is 29.1 Å². The van der Waals surface area contributed by atoms with Gasteiger partial charge in [0, 0.05) is 10.0 Å². The molecular formula is C16H15Cl2NO2. The Bertz CT molecular complexity index is 631. The highest BCUT2D eigenvalue weighted by atomic mass is 35.5. The van der Waals surface area contributed by atoms with Crippen LogP contribution >= 0.6 is 23.2 Å². The number of carbonyl (C=O) groups is 1. The summed E-state index contributed by atoms with van der Waals surface area (Å²) < 4.78 is 5.39. The van der Waals surface area contributed by atoms with Crippen molar-refractivity contribution in [2.45, 2.75) is 13.0 Å². The summed E-state index contributed by atoms with van der Waals surface area (Å²) in [6, 6.07) is 14.1. The number of carbonyl (C=O) groups excluding carboxylic acids is 1. The second-order valence-electron chi connectivity index (χ2n) is 4.56. The number of hydrogen-bond donors (Lipinski definition) is 1. The summed E-state index contributed by atoms with van der Waals surface area (Å²) in [6.45, 7) is 1.80. The zero-order chi connectivity index (χ0) is 15.2. The fourth-order valence-electron chi connectivity index (χ4n) is 1.89. The highest BCUT2D eigenvalue weighted by Crippen LogP contribution is 2.22. The molecule has 0 aliphatic rings. The molecule has 0 aliphatic heterocycles. The monoisotopic (exact) mass is 323 g/mol. The van der Waals surface area contributed by atoms with E-state index >= 15 is 0 Å². The van der Waals surface area contributed by atoms with E-state index in [9.17, 15) is 4.79 Å². The summed E-state index contributed by atoms with van der Waals surface area (Å²) in [5.41, 5.74) is 0.871. The lowest BCUT2D eigenvalue weighted by molar-refractivity contribution is -0.123. The molecule has 21 heavy (non-hydrogen) atoms. The predicted octanol–water partition coefficient (Wildman–Crippen LogP) is 4.25. The van der Waals surface area contributed by atoms with Gasteiger partial charge in [0.05, 0.1) is 6.04 Å². The first-order chi connectivity index (χ1) is 10.1. The summed E-state index contributed by atoms with van der Waals surface area (Å²) in [4.78, 5) is 11.9. The van der Waals surface area contributed by atoms with Crippen LogP contribution < -0.4 is 10.1 Å². The molecular weight excluding hydrogens is 309 g/mol. The molecule has 0 spiro atoms. The molecule has 3 nitrogen and oxygen atoms in total. The number of benzene rings is 2. The smallest absolute Gasteiger partial charge is 0.258 e. The average Bonchev–Trinajstić information content (AvgIpc) is 2.45. The largest absolute Gasteiger partial charge is 0.484 e. The van der Waals surface area contributed by atoms with Gasteiger partial charge in [0.1, 0.15) is 5.75 Å². The van der Waals surface area contributed by atoms with Gasteiger partial charge in [-0.3, -0.25) is 4.79 Å². The standard InChI is InChI=1S/C16H15Cl2NO2/c1-11(14-7-2-3-8-15(14)18)19-16(20)10-21-13-6-4-5-12(17)9-13/h2-9,11H,10H2,1H3,(H,19,20)/t11-/m0/s1. The van der Waals surface area contributed by atoms with Crippen LogP contribution in [0.4, 0.5) is 0 Å². The maximum Gasteiger partial charge on any atom is 0.258 e. The lowest BCUT2D eigenvalue weighted by Gasteiger charge is -2.16. The van der Waals surface area contributed by atoms with Crippen molar-refractivity contribution in [1.82, 2.24) is 5.32 Å². The normalized spacial score (nSPS) is 11.8. The van der Waals surface area contributed by atoms with E-state index in [1.165, 1.54) is 0 Å². The highest BCUT2D eigenvalue weighted by molar-refractivity contribution is 6.31. The minimum atomic E-state index is -0.220. The van der Waals surface area contributed by atoms with Gasteiger partial charge < -0.3 is 10.1 Å². The molecule has 0 saturated heterocycles. The Morgan fingerprint density at radius 3 is 2.67 bits per heavy atom. The van der Waals surface area contributed by atoms with Crippen LogP contribution in [0.15, 0.2) is 48.5 Å². The summed E-state index contributed by atoms with van der Waals surface area (Å²) >= 11 is 11.9. The molecule has 2 rings (SSSR count). The van der Waals surface area contributed by atoms with Crippen LogP contribution in [0.5, 0.6) is 5.75 Å². The van der Waals surface area contributed by atoms with E-state index in [1.54, 1.807) is 30.3 Å². The summed E-state index contributed by atoms with van der Waals surface area (Å²) in [5, 5.41) is 4.03. The molecule has 0 fully saturated rings. The Labute approximate surface area is 133 Å². The van der Waals surface area contributed by atoms with Gasteiger partial charge in [0.15, 0.2) is 6.61 Å². The highest BCUT2D eigenvalue weighted by Gasteiger charge is 2.12. The van der Waals surface area contributed by atoms with Crippen molar-refractivity contribution in [2.24, 2.45) is 0 Å². The third-order valence-electron chi connectivity index (χ3n) is 2.92. The van der Waals surface area contributed by atoms with Gasteiger partial charge >= 0.3 is 0 Å². The third-order valence-corrected chi connectivity index (χ3v) is 3.49. The molecule has 0 aliphatic carbocycles. The first kappa shape index (κ1) is 15.7. The Morgan fingerprint density at radius 2 is 1.95 bits per heavy atom. The Hall–Kier alpha value is -1.71. The SMILES string of the molecule is C[C@H](NC(=O)COc1cccc(Cl)c1)c1ccccc1Cl. The third kappa shape index (κ3) is 4.66. The fourth-order valence-corrected chi connectivity index (χ4v) is 2.37. The number of amides is 1. The van der Waals surface area contributed by atoms with Crippen LogP contribution in [-0.2, 0) is 4.79 Å². The van der Waals surface area contributed by atoms with Gasteiger partial charge in [-0.25, -0.2) is 0 Å². The maximum atomic E-state index is 11.9. The van der Waals surface area contributed by atoms with Crippen molar-refractivity contribution in [3.63, 3.8) is 0 Å². The number of nitrogens with one attached hydrogen (secondary N) is 1. The van der Waals surface area contributed by atoms with Crippen LogP contribution in [0.1, 0.15) is 18.5 Å². The molecule has 0 bridgehead atoms. The fraction of sp³-hybridized carbons (Fsp3) is 0.188. The first-order valence-electron chi connectivity index (χ1n) is 6.48. The second kappa shape index (κ2) is 7.34. The van der Waals surface area contributed by atoms with Gasteiger partial charge in [-0.05, 0) is 36.8 Å². The zero-order valence-corrected chi connectivity index (χ0v) is 13.0. The van der Waals surface area contributed by atoms with E-state index in [0.29, 0.717) is 15.8 Å². The number of hydrogen-bond acceptors (Lipinski definition) is 2. The molecule has 5 heteroatoms. The second-order valence-corrected chi connectivity index (χ2v) is 5.40. The Kier molecular flexibility index (Phi) is 5.48. The Morgan fingerprint density at radius 1 is 1.19 bits per heavy atom. The van der Waals surface area contributed by atoms with Crippen molar-refractivity contribution < 1.29 is 9.53 Å². The molecule has 2 aromatic carbocycles. The van der Waals surface area contributed by atoms with Gasteiger partial charge in [0.25, 0.3) is 5.91 Å². The lowest BCUT2D eigenvalue weighted by atomic mass is 10.1. The van der Waals surface area contributed by atoms with Gasteiger partial charge in [0.2, 0.25) is 0 Å². The number of rotatable bonds is 5. The molecule has 2 aromatic rings. The van der Waals surface area contributed by atoms with E-state index in [0.717, 1.165) is 5.56 Å². The molecule has 1 atom stereocenters. The minimum Gasteiger partial charge on any atom is -0.484 e. The van der Waals surface area contributed by atoms with Crippen LogP contribution in [0, 0.1) is 0 Å². The molecule has 0 saturated carbocycles. The van der Waals surface area contributed by atoms with Crippen molar-refractivity contribution in [1.29, 1.82) is 0 Å². The van der Waals surface area contributed by atoms with E-state index < -0.39 is 0 Å². The molecule has 0 aromatic heterocycles. The molecule has 0 radical (unpaired) electrons. The molecule has 0 heterocycles. The predicted molar refractivity (Wildman–Crippen MR) is 85.0 cm³/mol. The van der Waals surface area contributed by atoms with E-state index in [4.69, 9.17) is 27.9 Å². The van der Waals surface area contributed by atoms with Gasteiger partial charge in [-0.15, -0.1) is 0 Å². The van der Waals surface area contributed by atoms with Crippen LogP contribution in [-0.4, -0.2) is 12.5 Å². The van der Waals surface area contributed by atoms with Crippen LogP contribution in [0.2, 0.25) is 10.0 Å². The van der Waals surface area contributed by atoms with E-state index in [-0.39, 0.29) is 18.6 Å². The topological polar surface area (TPSA) is 38.3 Å². The van der Waals surface area contributed by atoms with Gasteiger partial charge in [-0.2, -0.15) is 0 Å². The first-order valence-corrected chi connectivity index (χ1v) is 7.24. The number of ether oxygens (including phenoxy) is 1. The molecule has 1 N–H and O–H groups in total. The Balaban J connectivity index is 1.89. The van der Waals surface area contributed by atoms with Crippen molar-refractivity contribution in [3.8, 4) is 5.75 Å². The maximum absolute atomic E-state index is 11.9. The molecule has 0 unspecified atom stereocenters. The number of halogens is 2. The molecule has 110 valence electrons. The zero-order valence-electron chi connectivity index (χ0n) is 11.5. The van der Waals surface area contributed by atoms with E-state index in [1.807, 2.05) is 25.1 Å². The minimum absolute atomic E-state index is 0.0743. The summed E-state index contributed by atoms with van der Waals surface area (Å²) in [6.07, 6.45) is 0. The molecule has 1 amide bonds. The van der Waals surface area contributed by atoms with Crippen molar-refractivity contribution in [3.05, 3.63) is 64.1 Å². The quantitative estimate of drug-likeness (QED) is 0.893. The van der Waals surface area contributed by atoms with Gasteiger partial charge in [-0.1, -0.05) is 47.5 Å². The van der Waals surface area contributed by atoms with Crippen LogP contribution in [0.3, 0.4) is 0 Å². The summed E-state index contributed by atoms with van der Waals surface area (Å²) in [7, 11) is 0. The van der Waals surface area contributed by atoms with E-state index in [2.05, 4.69) is 5.32 Å². The average molecular weight is 324 g/mol. The summed E-state index contributed by atoms with van der Waals surface area (Å²) in [5.74, 6) is 0.338. The van der Waals surface area contributed by atoms with Crippen LogP contribution in [0.25, 0.3) is 0 Å². The van der Waals surface area contributed by atoms with Crippen molar-refractivity contribution in [2.75, 3.05) is 6.61 Å². The lowest BCUT2D eigenvalue weighted by Crippen LogP contribution is -2.31.